The fourth-order valence-electron chi connectivity index (χ4n) is 3.04. The molecule has 3 heteroatoms. The van der Waals surface area contributed by atoms with Crippen molar-refractivity contribution in [2.75, 3.05) is 13.1 Å². The molecular formula is C15H21N3. The molecule has 1 fully saturated rings. The minimum Gasteiger partial charge on any atom is -0.307 e. The van der Waals surface area contributed by atoms with Crippen LogP contribution in [-0.2, 0) is 0 Å². The largest absolute Gasteiger partial charge is 0.307 e. The number of imidazole rings is 1. The van der Waals surface area contributed by atoms with Gasteiger partial charge in [0.2, 0.25) is 0 Å². The zero-order valence-electron chi connectivity index (χ0n) is 11.3. The molecule has 96 valence electrons. The number of rotatable bonds is 2. The minimum absolute atomic E-state index is 0.517. The summed E-state index contributed by atoms with van der Waals surface area (Å²) >= 11 is 0. The predicted molar refractivity (Wildman–Crippen MR) is 73.8 cm³/mol. The molecule has 0 bridgehead atoms. The first kappa shape index (κ1) is 11.7. The highest BCUT2D eigenvalue weighted by atomic mass is 15.2. The van der Waals surface area contributed by atoms with Gasteiger partial charge >= 0.3 is 0 Å². The normalized spacial score (nSPS) is 21.6. The van der Waals surface area contributed by atoms with Crippen LogP contribution < -0.4 is 0 Å². The molecule has 18 heavy (non-hydrogen) atoms. The third-order valence-corrected chi connectivity index (χ3v) is 4.06. The van der Waals surface area contributed by atoms with E-state index in [1.807, 2.05) is 0 Å². The SMILES string of the molecule is CCN1CCCCC1c1cn2cccc(C)c2n1. The van der Waals surface area contributed by atoms with E-state index >= 15 is 0 Å². The molecular weight excluding hydrogens is 222 g/mol. The van der Waals surface area contributed by atoms with Crippen molar-refractivity contribution in [1.29, 1.82) is 0 Å². The lowest BCUT2D eigenvalue weighted by atomic mass is 10.00. The lowest BCUT2D eigenvalue weighted by Crippen LogP contribution is -2.33. The van der Waals surface area contributed by atoms with Crippen LogP contribution in [0.5, 0.6) is 0 Å². The fourth-order valence-corrected chi connectivity index (χ4v) is 3.04. The van der Waals surface area contributed by atoms with Crippen LogP contribution in [0.2, 0.25) is 0 Å². The Labute approximate surface area is 108 Å². The summed E-state index contributed by atoms with van der Waals surface area (Å²) in [5.41, 5.74) is 3.60. The van der Waals surface area contributed by atoms with Crippen LogP contribution in [0.1, 0.15) is 43.5 Å². The van der Waals surface area contributed by atoms with E-state index in [9.17, 15) is 0 Å². The minimum atomic E-state index is 0.517. The number of likely N-dealkylation sites (tertiary alicyclic amines) is 1. The predicted octanol–water partition coefficient (Wildman–Crippen LogP) is 3.19. The van der Waals surface area contributed by atoms with E-state index < -0.39 is 0 Å². The maximum atomic E-state index is 4.86. The number of hydrogen-bond acceptors (Lipinski definition) is 2. The van der Waals surface area contributed by atoms with Crippen molar-refractivity contribution in [3.05, 3.63) is 35.8 Å². The van der Waals surface area contributed by atoms with E-state index in [-0.39, 0.29) is 0 Å². The molecule has 1 atom stereocenters. The van der Waals surface area contributed by atoms with E-state index in [0.717, 1.165) is 12.2 Å². The highest BCUT2D eigenvalue weighted by molar-refractivity contribution is 5.48. The Morgan fingerprint density at radius 1 is 1.39 bits per heavy atom. The Balaban J connectivity index is 2.00. The number of piperidine rings is 1. The molecule has 1 unspecified atom stereocenters. The van der Waals surface area contributed by atoms with E-state index in [0.29, 0.717) is 6.04 Å². The van der Waals surface area contributed by atoms with E-state index in [1.54, 1.807) is 0 Å². The summed E-state index contributed by atoms with van der Waals surface area (Å²) in [5.74, 6) is 0. The van der Waals surface area contributed by atoms with E-state index in [1.165, 1.54) is 37.1 Å². The number of pyridine rings is 1. The molecule has 0 amide bonds. The Kier molecular flexibility index (Phi) is 3.08. The van der Waals surface area contributed by atoms with Gasteiger partial charge in [-0.1, -0.05) is 19.4 Å². The Morgan fingerprint density at radius 2 is 2.28 bits per heavy atom. The Bertz CT molecular complexity index is 544. The summed E-state index contributed by atoms with van der Waals surface area (Å²) in [4.78, 5) is 7.41. The van der Waals surface area contributed by atoms with Crippen molar-refractivity contribution in [1.82, 2.24) is 14.3 Å². The molecule has 3 rings (SSSR count). The lowest BCUT2D eigenvalue weighted by Gasteiger charge is -2.33. The second kappa shape index (κ2) is 4.73. The molecule has 0 N–H and O–H groups in total. The first-order chi connectivity index (χ1) is 8.79. The summed E-state index contributed by atoms with van der Waals surface area (Å²) in [6, 6.07) is 4.74. The molecule has 1 aliphatic rings. The number of aryl methyl sites for hydroxylation is 1. The van der Waals surface area contributed by atoms with Crippen molar-refractivity contribution in [3.63, 3.8) is 0 Å². The van der Waals surface area contributed by atoms with Gasteiger partial charge in [-0.3, -0.25) is 4.90 Å². The number of fused-ring (bicyclic) bond motifs is 1. The van der Waals surface area contributed by atoms with Gasteiger partial charge in [0.05, 0.1) is 11.7 Å². The van der Waals surface area contributed by atoms with Crippen LogP contribution in [0.15, 0.2) is 24.5 Å². The first-order valence-electron chi connectivity index (χ1n) is 6.98. The summed E-state index contributed by atoms with van der Waals surface area (Å²) in [5, 5.41) is 0. The molecule has 0 aliphatic carbocycles. The van der Waals surface area contributed by atoms with Crippen molar-refractivity contribution in [2.24, 2.45) is 0 Å². The van der Waals surface area contributed by atoms with Crippen LogP contribution in [-0.4, -0.2) is 27.4 Å². The molecule has 3 nitrogen and oxygen atoms in total. The summed E-state index contributed by atoms with van der Waals surface area (Å²) in [6.45, 7) is 6.72. The molecule has 0 radical (unpaired) electrons. The van der Waals surface area contributed by atoms with E-state index in [4.69, 9.17) is 4.98 Å². The van der Waals surface area contributed by atoms with Crippen molar-refractivity contribution in [2.45, 2.75) is 39.2 Å². The lowest BCUT2D eigenvalue weighted by molar-refractivity contribution is 0.154. The second-order valence-electron chi connectivity index (χ2n) is 5.23. The maximum Gasteiger partial charge on any atom is 0.139 e. The van der Waals surface area contributed by atoms with Crippen LogP contribution in [0.3, 0.4) is 0 Å². The summed E-state index contributed by atoms with van der Waals surface area (Å²) in [7, 11) is 0. The second-order valence-corrected chi connectivity index (χ2v) is 5.23. The molecule has 3 heterocycles. The van der Waals surface area contributed by atoms with Gasteiger partial charge in [0.25, 0.3) is 0 Å². The third kappa shape index (κ3) is 1.93. The van der Waals surface area contributed by atoms with Crippen LogP contribution >= 0.6 is 0 Å². The van der Waals surface area contributed by atoms with E-state index in [2.05, 4.69) is 47.7 Å². The maximum absolute atomic E-state index is 4.86. The van der Waals surface area contributed by atoms with Crippen molar-refractivity contribution < 1.29 is 0 Å². The van der Waals surface area contributed by atoms with Crippen LogP contribution in [0.4, 0.5) is 0 Å². The fraction of sp³-hybridized carbons (Fsp3) is 0.533. The topological polar surface area (TPSA) is 20.5 Å². The van der Waals surface area contributed by atoms with Gasteiger partial charge in [-0.25, -0.2) is 4.98 Å². The van der Waals surface area contributed by atoms with Gasteiger partial charge in [0.15, 0.2) is 0 Å². The summed E-state index contributed by atoms with van der Waals surface area (Å²) in [6.07, 6.45) is 8.21. The molecule has 2 aromatic heterocycles. The first-order valence-corrected chi connectivity index (χ1v) is 6.98. The zero-order chi connectivity index (χ0) is 12.5. The molecule has 2 aromatic rings. The van der Waals surface area contributed by atoms with Crippen molar-refractivity contribution >= 4 is 5.65 Å². The average molecular weight is 243 g/mol. The molecule has 1 aliphatic heterocycles. The number of nitrogens with zero attached hydrogens (tertiary/aromatic N) is 3. The monoisotopic (exact) mass is 243 g/mol. The highest BCUT2D eigenvalue weighted by Crippen LogP contribution is 2.30. The van der Waals surface area contributed by atoms with Crippen molar-refractivity contribution in [3.8, 4) is 0 Å². The smallest absolute Gasteiger partial charge is 0.139 e. The molecule has 0 aromatic carbocycles. The Hall–Kier alpha value is -1.35. The molecule has 0 saturated carbocycles. The quantitative estimate of drug-likeness (QED) is 0.807. The average Bonchev–Trinajstić information content (AvgIpc) is 2.84. The zero-order valence-corrected chi connectivity index (χ0v) is 11.3. The molecule has 1 saturated heterocycles. The van der Waals surface area contributed by atoms with Crippen LogP contribution in [0.25, 0.3) is 5.65 Å². The molecule has 0 spiro atoms. The van der Waals surface area contributed by atoms with Gasteiger partial charge < -0.3 is 4.40 Å². The standard InChI is InChI=1S/C15H21N3/c1-3-17-9-5-4-8-14(17)13-11-18-10-6-7-12(2)15(18)16-13/h6-7,10-11,14H,3-5,8-9H2,1-2H3. The van der Waals surface area contributed by atoms with Gasteiger partial charge in [-0.15, -0.1) is 0 Å². The van der Waals surface area contributed by atoms with Gasteiger partial charge in [0.1, 0.15) is 5.65 Å². The van der Waals surface area contributed by atoms with Gasteiger partial charge in [-0.2, -0.15) is 0 Å². The van der Waals surface area contributed by atoms with Gasteiger partial charge in [-0.05, 0) is 44.5 Å². The van der Waals surface area contributed by atoms with Crippen LogP contribution in [0, 0.1) is 6.92 Å². The third-order valence-electron chi connectivity index (χ3n) is 4.06. The van der Waals surface area contributed by atoms with Gasteiger partial charge in [0, 0.05) is 12.4 Å². The summed E-state index contributed by atoms with van der Waals surface area (Å²) < 4.78 is 2.16. The Morgan fingerprint density at radius 3 is 3.06 bits per heavy atom. The number of aromatic nitrogens is 2. The highest BCUT2D eigenvalue weighted by Gasteiger charge is 2.24. The number of hydrogen-bond donors (Lipinski definition) is 0.